The number of carbonyl (C=O) groups is 1. The van der Waals surface area contributed by atoms with E-state index in [-0.39, 0.29) is 17.0 Å². The third kappa shape index (κ3) is 6.63. The maximum absolute atomic E-state index is 13.5. The van der Waals surface area contributed by atoms with Crippen LogP contribution in [0.1, 0.15) is 12.5 Å². The first-order chi connectivity index (χ1) is 12.1. The molecular weight excluding hydrogens is 357 g/mol. The van der Waals surface area contributed by atoms with Crippen molar-refractivity contribution in [3.05, 3.63) is 59.9 Å². The van der Waals surface area contributed by atoms with Gasteiger partial charge in [-0.3, -0.25) is 4.79 Å². The number of rotatable bonds is 9. The molecule has 2 aromatic rings. The average molecular weight is 380 g/mol. The lowest BCUT2D eigenvalue weighted by Gasteiger charge is -2.12. The minimum Gasteiger partial charge on any atom is -0.497 e. The van der Waals surface area contributed by atoms with Crippen LogP contribution in [0.2, 0.25) is 0 Å². The van der Waals surface area contributed by atoms with Gasteiger partial charge in [-0.05, 0) is 42.8 Å². The van der Waals surface area contributed by atoms with E-state index in [0.29, 0.717) is 17.9 Å². The van der Waals surface area contributed by atoms with Crippen LogP contribution >= 0.6 is 23.5 Å². The third-order valence-corrected chi connectivity index (χ3v) is 5.62. The van der Waals surface area contributed by atoms with E-state index in [0.717, 1.165) is 16.4 Å². The third-order valence-electron chi connectivity index (χ3n) is 3.50. The normalized spacial score (nSPS) is 11.8. The summed E-state index contributed by atoms with van der Waals surface area (Å²) in [5.74, 6) is 1.99. The fourth-order valence-corrected chi connectivity index (χ4v) is 3.84. The van der Waals surface area contributed by atoms with Gasteiger partial charge >= 0.3 is 0 Å². The number of carbonyl (C=O) groups excluding carboxylic acids is 1. The Hall–Kier alpha value is -1.66. The van der Waals surface area contributed by atoms with E-state index in [9.17, 15) is 9.18 Å². The Morgan fingerprint density at radius 3 is 2.60 bits per heavy atom. The molecular formula is C19H22FNO2S2. The number of benzene rings is 2. The minimum absolute atomic E-state index is 0.00677. The Labute approximate surface area is 156 Å². The van der Waals surface area contributed by atoms with Crippen molar-refractivity contribution in [3.8, 4) is 5.75 Å². The summed E-state index contributed by atoms with van der Waals surface area (Å²) >= 11 is 3.12. The highest BCUT2D eigenvalue weighted by Crippen LogP contribution is 2.25. The van der Waals surface area contributed by atoms with E-state index in [4.69, 9.17) is 4.74 Å². The fourth-order valence-electron chi connectivity index (χ4n) is 2.10. The first-order valence-electron chi connectivity index (χ1n) is 7.99. The Balaban J connectivity index is 1.66. The average Bonchev–Trinajstić information content (AvgIpc) is 2.63. The van der Waals surface area contributed by atoms with E-state index in [1.807, 2.05) is 37.3 Å². The number of hydrogen-bond acceptors (Lipinski definition) is 4. The molecule has 3 nitrogen and oxygen atoms in total. The standard InChI is InChI=1S/C19H22FNO2S2/c1-14(25-17-9-7-16(23-2)8-10-17)19(22)21-11-12-24-13-15-5-3-4-6-18(15)20/h3-10,14H,11-13H2,1-2H3,(H,21,22)/t14-/m0/s1. The van der Waals surface area contributed by atoms with Gasteiger partial charge in [0, 0.05) is 22.9 Å². The van der Waals surface area contributed by atoms with Crippen molar-refractivity contribution in [3.63, 3.8) is 0 Å². The van der Waals surface area contributed by atoms with Crippen LogP contribution in [-0.2, 0) is 10.5 Å². The summed E-state index contributed by atoms with van der Waals surface area (Å²) in [6.45, 7) is 2.46. The number of hydrogen-bond donors (Lipinski definition) is 1. The van der Waals surface area contributed by atoms with E-state index in [1.165, 1.54) is 17.8 Å². The molecule has 0 saturated heterocycles. The van der Waals surface area contributed by atoms with Gasteiger partial charge in [-0.25, -0.2) is 4.39 Å². The zero-order valence-corrected chi connectivity index (χ0v) is 16.0. The SMILES string of the molecule is COc1ccc(S[C@@H](C)C(=O)NCCSCc2ccccc2F)cc1. The van der Waals surface area contributed by atoms with Gasteiger partial charge in [0.25, 0.3) is 0 Å². The molecule has 0 heterocycles. The molecule has 0 aromatic heterocycles. The van der Waals surface area contributed by atoms with Gasteiger partial charge in [0.15, 0.2) is 0 Å². The van der Waals surface area contributed by atoms with E-state index in [2.05, 4.69) is 5.32 Å². The van der Waals surface area contributed by atoms with Crippen molar-refractivity contribution >= 4 is 29.4 Å². The Morgan fingerprint density at radius 1 is 1.20 bits per heavy atom. The summed E-state index contributed by atoms with van der Waals surface area (Å²) in [4.78, 5) is 13.2. The molecule has 0 aliphatic carbocycles. The second-order valence-electron chi connectivity index (χ2n) is 5.37. The maximum atomic E-state index is 13.5. The van der Waals surface area contributed by atoms with Gasteiger partial charge in [-0.1, -0.05) is 18.2 Å². The van der Waals surface area contributed by atoms with Crippen molar-refractivity contribution in [1.82, 2.24) is 5.32 Å². The highest BCUT2D eigenvalue weighted by atomic mass is 32.2. The molecule has 6 heteroatoms. The van der Waals surface area contributed by atoms with Crippen LogP contribution in [-0.4, -0.2) is 30.6 Å². The molecule has 1 atom stereocenters. The predicted octanol–water partition coefficient (Wildman–Crippen LogP) is 4.36. The maximum Gasteiger partial charge on any atom is 0.233 e. The van der Waals surface area contributed by atoms with E-state index < -0.39 is 0 Å². The predicted molar refractivity (Wildman–Crippen MR) is 104 cm³/mol. The summed E-state index contributed by atoms with van der Waals surface area (Å²) in [5.41, 5.74) is 0.697. The lowest BCUT2D eigenvalue weighted by molar-refractivity contribution is -0.120. The van der Waals surface area contributed by atoms with Crippen LogP contribution in [0.4, 0.5) is 4.39 Å². The summed E-state index contributed by atoms with van der Waals surface area (Å²) < 4.78 is 18.6. The molecule has 0 fully saturated rings. The Morgan fingerprint density at radius 2 is 1.92 bits per heavy atom. The molecule has 0 radical (unpaired) electrons. The van der Waals surface area contributed by atoms with Crippen LogP contribution in [0.25, 0.3) is 0 Å². The zero-order chi connectivity index (χ0) is 18.1. The Kier molecular flexibility index (Phi) is 8.15. The highest BCUT2D eigenvalue weighted by molar-refractivity contribution is 8.00. The number of amides is 1. The summed E-state index contributed by atoms with van der Waals surface area (Å²) in [7, 11) is 1.63. The van der Waals surface area contributed by atoms with Crippen molar-refractivity contribution in [2.45, 2.75) is 22.8 Å². The van der Waals surface area contributed by atoms with Crippen LogP contribution in [0.3, 0.4) is 0 Å². The summed E-state index contributed by atoms with van der Waals surface area (Å²) in [6, 6.07) is 14.4. The topological polar surface area (TPSA) is 38.3 Å². The molecule has 0 saturated carbocycles. The molecule has 0 unspecified atom stereocenters. The molecule has 1 amide bonds. The molecule has 0 spiro atoms. The summed E-state index contributed by atoms with van der Waals surface area (Å²) in [6.07, 6.45) is 0. The number of thioether (sulfide) groups is 2. The second kappa shape index (κ2) is 10.4. The van der Waals surface area contributed by atoms with Gasteiger partial charge in [-0.2, -0.15) is 11.8 Å². The molecule has 25 heavy (non-hydrogen) atoms. The molecule has 0 bridgehead atoms. The van der Waals surface area contributed by atoms with E-state index in [1.54, 1.807) is 31.0 Å². The molecule has 0 aliphatic heterocycles. The first kappa shape index (κ1) is 19.7. The first-order valence-corrected chi connectivity index (χ1v) is 10.0. The van der Waals surface area contributed by atoms with Crippen LogP contribution in [0.5, 0.6) is 5.75 Å². The van der Waals surface area contributed by atoms with Crippen LogP contribution in [0.15, 0.2) is 53.4 Å². The second-order valence-corrected chi connectivity index (χ2v) is 7.89. The van der Waals surface area contributed by atoms with Gasteiger partial charge in [0.1, 0.15) is 11.6 Å². The molecule has 0 aliphatic rings. The van der Waals surface area contributed by atoms with Gasteiger partial charge in [0.05, 0.1) is 12.4 Å². The number of methoxy groups -OCH3 is 1. The number of halogens is 1. The molecule has 1 N–H and O–H groups in total. The van der Waals surface area contributed by atoms with Gasteiger partial charge in [0.2, 0.25) is 5.91 Å². The number of nitrogens with one attached hydrogen (secondary N) is 1. The van der Waals surface area contributed by atoms with E-state index >= 15 is 0 Å². The zero-order valence-electron chi connectivity index (χ0n) is 14.3. The van der Waals surface area contributed by atoms with Crippen molar-refractivity contribution in [1.29, 1.82) is 0 Å². The van der Waals surface area contributed by atoms with Crippen molar-refractivity contribution < 1.29 is 13.9 Å². The quantitative estimate of drug-likeness (QED) is 0.519. The fraction of sp³-hybridized carbons (Fsp3) is 0.316. The molecule has 2 aromatic carbocycles. The smallest absolute Gasteiger partial charge is 0.233 e. The Bertz CT molecular complexity index is 679. The van der Waals surface area contributed by atoms with Crippen LogP contribution < -0.4 is 10.1 Å². The van der Waals surface area contributed by atoms with Crippen molar-refractivity contribution in [2.24, 2.45) is 0 Å². The summed E-state index contributed by atoms with van der Waals surface area (Å²) in [5, 5.41) is 2.75. The number of ether oxygens (including phenoxy) is 1. The lowest BCUT2D eigenvalue weighted by Crippen LogP contribution is -2.32. The lowest BCUT2D eigenvalue weighted by atomic mass is 10.2. The highest BCUT2D eigenvalue weighted by Gasteiger charge is 2.13. The van der Waals surface area contributed by atoms with Crippen LogP contribution in [0, 0.1) is 5.82 Å². The molecule has 2 rings (SSSR count). The van der Waals surface area contributed by atoms with Gasteiger partial charge < -0.3 is 10.1 Å². The largest absolute Gasteiger partial charge is 0.497 e. The molecule has 134 valence electrons. The van der Waals surface area contributed by atoms with Gasteiger partial charge in [-0.15, -0.1) is 11.8 Å². The van der Waals surface area contributed by atoms with Crippen molar-refractivity contribution in [2.75, 3.05) is 19.4 Å². The monoisotopic (exact) mass is 379 g/mol. The minimum atomic E-state index is -0.177.